The number of hydrogen-bond acceptors (Lipinski definition) is 6. The summed E-state index contributed by atoms with van der Waals surface area (Å²) in [5.74, 6) is -1.42. The Morgan fingerprint density at radius 2 is 2.17 bits per heavy atom. The molecular formula is C12H12O6. The zero-order valence-corrected chi connectivity index (χ0v) is 9.62. The van der Waals surface area contributed by atoms with Gasteiger partial charge in [0.05, 0.1) is 12.7 Å². The maximum atomic E-state index is 11.3. The molecule has 0 aromatic heterocycles. The number of cyclic esters (lactones) is 1. The van der Waals surface area contributed by atoms with Gasteiger partial charge in [-0.05, 0) is 11.6 Å². The van der Waals surface area contributed by atoms with E-state index in [0.717, 1.165) is 7.11 Å². The molecular weight excluding hydrogens is 240 g/mol. The van der Waals surface area contributed by atoms with Gasteiger partial charge in [0.15, 0.2) is 6.10 Å². The van der Waals surface area contributed by atoms with Crippen LogP contribution in [0.4, 0.5) is 0 Å². The van der Waals surface area contributed by atoms with Crippen molar-refractivity contribution in [3.8, 4) is 0 Å². The maximum Gasteiger partial charge on any atom is 0.338 e. The Bertz CT molecular complexity index is 495. The Hall–Kier alpha value is -1.92. The lowest BCUT2D eigenvalue weighted by Gasteiger charge is -2.16. The number of rotatable bonds is 3. The molecule has 1 aliphatic rings. The highest BCUT2D eigenvalue weighted by Gasteiger charge is 2.29. The van der Waals surface area contributed by atoms with Gasteiger partial charge in [0.2, 0.25) is 0 Å². The summed E-state index contributed by atoms with van der Waals surface area (Å²) in [7, 11) is 1.11. The summed E-state index contributed by atoms with van der Waals surface area (Å²) in [5, 5.41) is 19.3. The second-order valence-corrected chi connectivity index (χ2v) is 3.91. The molecule has 0 bridgehead atoms. The average Bonchev–Trinajstić information content (AvgIpc) is 2.77. The van der Waals surface area contributed by atoms with Crippen LogP contribution in [0.3, 0.4) is 0 Å². The second kappa shape index (κ2) is 4.75. The van der Waals surface area contributed by atoms with E-state index in [0.29, 0.717) is 11.1 Å². The molecule has 2 atom stereocenters. The third-order valence-corrected chi connectivity index (χ3v) is 2.80. The highest BCUT2D eigenvalue weighted by molar-refractivity contribution is 5.93. The number of carbonyl (C=O) groups excluding carboxylic acids is 2. The highest BCUT2D eigenvalue weighted by atomic mass is 16.5. The lowest BCUT2D eigenvalue weighted by molar-refractivity contribution is -0.156. The molecule has 1 aliphatic heterocycles. The van der Waals surface area contributed by atoms with Gasteiger partial charge in [0.1, 0.15) is 12.7 Å². The summed E-state index contributed by atoms with van der Waals surface area (Å²) in [4.78, 5) is 22.4. The van der Waals surface area contributed by atoms with Crippen LogP contribution in [0.15, 0.2) is 18.2 Å². The number of aliphatic hydroxyl groups is 2. The number of methoxy groups -OCH3 is 1. The minimum atomic E-state index is -1.69. The molecule has 0 saturated heterocycles. The first kappa shape index (κ1) is 12.5. The number of ether oxygens (including phenoxy) is 2. The topological polar surface area (TPSA) is 93.1 Å². The van der Waals surface area contributed by atoms with Crippen LogP contribution in [0, 0.1) is 0 Å². The van der Waals surface area contributed by atoms with Crippen molar-refractivity contribution in [2.45, 2.75) is 18.8 Å². The van der Waals surface area contributed by atoms with Gasteiger partial charge in [0.25, 0.3) is 0 Å². The molecule has 0 spiro atoms. The van der Waals surface area contributed by atoms with Crippen LogP contribution in [0.2, 0.25) is 0 Å². The van der Waals surface area contributed by atoms with Crippen LogP contribution in [0.25, 0.3) is 0 Å². The van der Waals surface area contributed by atoms with Crippen molar-refractivity contribution in [2.75, 3.05) is 7.11 Å². The summed E-state index contributed by atoms with van der Waals surface area (Å²) < 4.78 is 9.14. The van der Waals surface area contributed by atoms with Crippen LogP contribution in [0.5, 0.6) is 0 Å². The number of carbonyl (C=O) groups is 2. The fourth-order valence-corrected chi connectivity index (χ4v) is 1.75. The Labute approximate surface area is 103 Å². The van der Waals surface area contributed by atoms with E-state index < -0.39 is 24.1 Å². The molecule has 18 heavy (non-hydrogen) atoms. The van der Waals surface area contributed by atoms with Gasteiger partial charge in [0, 0.05) is 5.56 Å². The minimum Gasteiger partial charge on any atom is -0.467 e. The fourth-order valence-electron chi connectivity index (χ4n) is 1.75. The van der Waals surface area contributed by atoms with Crippen LogP contribution < -0.4 is 0 Å². The summed E-state index contributed by atoms with van der Waals surface area (Å²) in [6.07, 6.45) is -3.14. The Morgan fingerprint density at radius 1 is 1.44 bits per heavy atom. The van der Waals surface area contributed by atoms with E-state index >= 15 is 0 Å². The van der Waals surface area contributed by atoms with Crippen molar-refractivity contribution < 1.29 is 29.3 Å². The van der Waals surface area contributed by atoms with Crippen LogP contribution in [-0.4, -0.2) is 35.4 Å². The first-order chi connectivity index (χ1) is 8.54. The van der Waals surface area contributed by atoms with Crippen molar-refractivity contribution in [2.24, 2.45) is 0 Å². The Balaban J connectivity index is 2.27. The molecule has 6 heteroatoms. The molecule has 0 amide bonds. The van der Waals surface area contributed by atoms with E-state index in [1.54, 1.807) is 6.07 Å². The number of benzene rings is 1. The van der Waals surface area contributed by atoms with Gasteiger partial charge in [-0.2, -0.15) is 0 Å². The van der Waals surface area contributed by atoms with Gasteiger partial charge in [-0.25, -0.2) is 9.59 Å². The zero-order chi connectivity index (χ0) is 13.3. The molecule has 0 saturated carbocycles. The lowest BCUT2D eigenvalue weighted by Crippen LogP contribution is -2.29. The molecule has 6 nitrogen and oxygen atoms in total. The molecule has 1 heterocycles. The van der Waals surface area contributed by atoms with Gasteiger partial charge in [-0.1, -0.05) is 12.1 Å². The highest BCUT2D eigenvalue weighted by Crippen LogP contribution is 2.25. The quantitative estimate of drug-likeness (QED) is 0.731. The van der Waals surface area contributed by atoms with Crippen molar-refractivity contribution in [1.29, 1.82) is 0 Å². The molecule has 0 fully saturated rings. The lowest BCUT2D eigenvalue weighted by atomic mass is 9.99. The monoisotopic (exact) mass is 252 g/mol. The van der Waals surface area contributed by atoms with Crippen LogP contribution in [0.1, 0.15) is 27.6 Å². The van der Waals surface area contributed by atoms with Gasteiger partial charge < -0.3 is 19.7 Å². The number of fused-ring (bicyclic) bond motifs is 1. The average molecular weight is 252 g/mol. The molecule has 0 radical (unpaired) electrons. The fraction of sp³-hybridized carbons (Fsp3) is 0.333. The predicted molar refractivity (Wildman–Crippen MR) is 58.5 cm³/mol. The van der Waals surface area contributed by atoms with Crippen molar-refractivity contribution in [1.82, 2.24) is 0 Å². The van der Waals surface area contributed by atoms with Crippen LogP contribution >= 0.6 is 0 Å². The normalized spacial score (nSPS) is 16.7. The van der Waals surface area contributed by atoms with Crippen molar-refractivity contribution >= 4 is 11.9 Å². The van der Waals surface area contributed by atoms with E-state index in [2.05, 4.69) is 4.74 Å². The standard InChI is InChI=1S/C12H12O6/c1-17-12(16)10(14)9(13)6-2-3-7-5-18-11(15)8(7)4-6/h2-4,9-10,13-14H,5H2,1H3. The van der Waals surface area contributed by atoms with E-state index in [-0.39, 0.29) is 12.2 Å². The molecule has 1 aromatic rings. The van der Waals surface area contributed by atoms with E-state index in [4.69, 9.17) is 4.74 Å². The minimum absolute atomic E-state index is 0.199. The summed E-state index contributed by atoms with van der Waals surface area (Å²) >= 11 is 0. The first-order valence-corrected chi connectivity index (χ1v) is 5.28. The number of hydrogen-bond donors (Lipinski definition) is 2. The van der Waals surface area contributed by atoms with E-state index in [9.17, 15) is 19.8 Å². The van der Waals surface area contributed by atoms with E-state index in [1.807, 2.05) is 0 Å². The summed E-state index contributed by atoms with van der Waals surface area (Å²) in [6.45, 7) is 0.199. The van der Waals surface area contributed by atoms with Crippen molar-refractivity contribution in [3.63, 3.8) is 0 Å². The maximum absolute atomic E-state index is 11.3. The Kier molecular flexibility index (Phi) is 3.31. The predicted octanol–water partition coefficient (Wildman–Crippen LogP) is -0.0757. The largest absolute Gasteiger partial charge is 0.467 e. The molecule has 2 unspecified atom stereocenters. The third-order valence-electron chi connectivity index (χ3n) is 2.80. The van der Waals surface area contributed by atoms with Crippen molar-refractivity contribution in [3.05, 3.63) is 34.9 Å². The zero-order valence-electron chi connectivity index (χ0n) is 9.62. The summed E-state index contributed by atoms with van der Waals surface area (Å²) in [6, 6.07) is 4.54. The van der Waals surface area contributed by atoms with E-state index in [1.165, 1.54) is 12.1 Å². The van der Waals surface area contributed by atoms with Gasteiger partial charge in [-0.15, -0.1) is 0 Å². The molecule has 0 aliphatic carbocycles. The number of aliphatic hydroxyl groups excluding tert-OH is 2. The third kappa shape index (κ3) is 2.07. The molecule has 96 valence electrons. The SMILES string of the molecule is COC(=O)C(O)C(O)c1ccc2c(c1)C(=O)OC2. The molecule has 2 N–H and O–H groups in total. The van der Waals surface area contributed by atoms with Gasteiger partial charge in [-0.3, -0.25) is 0 Å². The Morgan fingerprint density at radius 3 is 2.83 bits per heavy atom. The van der Waals surface area contributed by atoms with Crippen LogP contribution in [-0.2, 0) is 20.9 Å². The molecule has 1 aromatic carbocycles. The first-order valence-electron chi connectivity index (χ1n) is 5.28. The second-order valence-electron chi connectivity index (χ2n) is 3.91. The van der Waals surface area contributed by atoms with Gasteiger partial charge >= 0.3 is 11.9 Å². The number of esters is 2. The molecule has 2 rings (SSSR count). The smallest absolute Gasteiger partial charge is 0.338 e. The summed E-state index contributed by atoms with van der Waals surface area (Å²) in [5.41, 5.74) is 1.30.